The van der Waals surface area contributed by atoms with E-state index in [1.54, 1.807) is 24.3 Å². The van der Waals surface area contributed by atoms with Crippen molar-refractivity contribution in [2.24, 2.45) is 0 Å². The topological polar surface area (TPSA) is 108 Å². The SMILES string of the molecule is N#Cc1ccc(CS(=O)(=O)NC23CC(NC(=O)COc4ccc(Cl)c(F)c4)(C2)C3)cc1. The Morgan fingerprint density at radius 1 is 1.16 bits per heavy atom. The van der Waals surface area contributed by atoms with Gasteiger partial charge in [-0.2, -0.15) is 5.26 Å². The number of hydrogen-bond acceptors (Lipinski definition) is 5. The van der Waals surface area contributed by atoms with Gasteiger partial charge in [-0.1, -0.05) is 23.7 Å². The lowest BCUT2D eigenvalue weighted by atomic mass is 9.44. The monoisotopic (exact) mass is 463 g/mol. The van der Waals surface area contributed by atoms with Gasteiger partial charge in [-0.25, -0.2) is 17.5 Å². The maximum absolute atomic E-state index is 13.4. The van der Waals surface area contributed by atoms with Gasteiger partial charge in [0.15, 0.2) is 6.61 Å². The molecule has 2 aromatic carbocycles. The van der Waals surface area contributed by atoms with Crippen molar-refractivity contribution in [1.29, 1.82) is 5.26 Å². The third-order valence-corrected chi connectivity index (χ3v) is 7.27. The molecule has 0 atom stereocenters. The molecule has 0 aliphatic heterocycles. The second kappa shape index (κ2) is 7.79. The van der Waals surface area contributed by atoms with Crippen LogP contribution in [0.25, 0.3) is 0 Å². The van der Waals surface area contributed by atoms with E-state index in [1.165, 1.54) is 12.1 Å². The average molecular weight is 464 g/mol. The van der Waals surface area contributed by atoms with Crippen LogP contribution in [-0.2, 0) is 20.6 Å². The number of nitriles is 1. The number of nitrogens with zero attached hydrogens (tertiary/aromatic N) is 1. The van der Waals surface area contributed by atoms with Gasteiger partial charge in [-0.05, 0) is 49.1 Å². The Morgan fingerprint density at radius 2 is 1.84 bits per heavy atom. The molecule has 7 nitrogen and oxygen atoms in total. The molecule has 0 unspecified atom stereocenters. The first-order valence-electron chi connectivity index (χ1n) is 9.51. The van der Waals surface area contributed by atoms with E-state index in [9.17, 15) is 17.6 Å². The molecular formula is C21H19ClFN3O4S. The van der Waals surface area contributed by atoms with E-state index in [-0.39, 0.29) is 29.0 Å². The third-order valence-electron chi connectivity index (χ3n) is 5.51. The zero-order valence-electron chi connectivity index (χ0n) is 16.3. The predicted molar refractivity (Wildman–Crippen MR) is 111 cm³/mol. The van der Waals surface area contributed by atoms with Gasteiger partial charge in [0.2, 0.25) is 10.0 Å². The summed E-state index contributed by atoms with van der Waals surface area (Å²) < 4.78 is 46.4. The number of carbonyl (C=O) groups is 1. The van der Waals surface area contributed by atoms with Crippen molar-refractivity contribution in [3.05, 3.63) is 64.4 Å². The number of rotatable bonds is 8. The molecule has 10 heteroatoms. The van der Waals surface area contributed by atoms with Gasteiger partial charge in [-0.3, -0.25) is 4.79 Å². The fraction of sp³-hybridized carbons (Fsp3) is 0.333. The number of benzene rings is 2. The highest BCUT2D eigenvalue weighted by Crippen LogP contribution is 2.60. The molecule has 3 aliphatic carbocycles. The minimum atomic E-state index is -3.56. The van der Waals surface area contributed by atoms with Gasteiger partial charge >= 0.3 is 0 Å². The van der Waals surface area contributed by atoms with Crippen LogP contribution in [0, 0.1) is 17.1 Å². The lowest BCUT2D eigenvalue weighted by Gasteiger charge is -2.70. The van der Waals surface area contributed by atoms with Crippen molar-refractivity contribution >= 4 is 27.5 Å². The van der Waals surface area contributed by atoms with E-state index in [4.69, 9.17) is 21.6 Å². The van der Waals surface area contributed by atoms with Crippen LogP contribution in [0.2, 0.25) is 5.02 Å². The van der Waals surface area contributed by atoms with Gasteiger partial charge < -0.3 is 10.1 Å². The van der Waals surface area contributed by atoms with E-state index in [2.05, 4.69) is 10.0 Å². The van der Waals surface area contributed by atoms with Crippen LogP contribution in [0.1, 0.15) is 30.4 Å². The number of ether oxygens (including phenoxy) is 1. The molecule has 0 heterocycles. The molecule has 3 fully saturated rings. The highest BCUT2D eigenvalue weighted by atomic mass is 35.5. The summed E-state index contributed by atoms with van der Waals surface area (Å²) in [5.41, 5.74) is 0.106. The maximum Gasteiger partial charge on any atom is 0.258 e. The second-order valence-corrected chi connectivity index (χ2v) is 10.3. The van der Waals surface area contributed by atoms with Gasteiger partial charge in [0, 0.05) is 17.1 Å². The number of carbonyl (C=O) groups excluding carboxylic acids is 1. The molecule has 31 heavy (non-hydrogen) atoms. The van der Waals surface area contributed by atoms with Crippen molar-refractivity contribution in [2.45, 2.75) is 36.1 Å². The summed E-state index contributed by atoms with van der Waals surface area (Å²) in [6, 6.07) is 12.3. The fourth-order valence-corrected chi connectivity index (χ4v) is 6.03. The Kier molecular flexibility index (Phi) is 5.41. The number of halogens is 2. The molecule has 162 valence electrons. The van der Waals surface area contributed by atoms with Gasteiger partial charge in [0.1, 0.15) is 11.6 Å². The van der Waals surface area contributed by atoms with Crippen molar-refractivity contribution < 1.29 is 22.3 Å². The van der Waals surface area contributed by atoms with Crippen molar-refractivity contribution in [2.75, 3.05) is 6.61 Å². The Bertz CT molecular complexity index is 1160. The number of amides is 1. The summed E-state index contributed by atoms with van der Waals surface area (Å²) in [5.74, 6) is -0.967. The number of nitrogens with one attached hydrogen (secondary N) is 2. The van der Waals surface area contributed by atoms with Crippen molar-refractivity contribution in [3.8, 4) is 11.8 Å². The van der Waals surface area contributed by atoms with Crippen LogP contribution in [0.5, 0.6) is 5.75 Å². The number of sulfonamides is 1. The molecule has 0 saturated heterocycles. The van der Waals surface area contributed by atoms with Crippen molar-refractivity contribution in [1.82, 2.24) is 10.0 Å². The van der Waals surface area contributed by atoms with Crippen LogP contribution in [-0.4, -0.2) is 32.0 Å². The predicted octanol–water partition coefficient (Wildman–Crippen LogP) is 2.64. The largest absolute Gasteiger partial charge is 0.484 e. The van der Waals surface area contributed by atoms with Crippen LogP contribution in [0.15, 0.2) is 42.5 Å². The van der Waals surface area contributed by atoms with E-state index >= 15 is 0 Å². The van der Waals surface area contributed by atoms with Crippen LogP contribution in [0.3, 0.4) is 0 Å². The van der Waals surface area contributed by atoms with Crippen LogP contribution < -0.4 is 14.8 Å². The molecule has 0 spiro atoms. The van der Waals surface area contributed by atoms with Crippen LogP contribution >= 0.6 is 11.6 Å². The quantitative estimate of drug-likeness (QED) is 0.625. The van der Waals surface area contributed by atoms with Gasteiger partial charge in [0.05, 0.1) is 22.4 Å². The maximum atomic E-state index is 13.4. The summed E-state index contributed by atoms with van der Waals surface area (Å²) in [5, 5.41) is 11.7. The standard InChI is InChI=1S/C21H19ClFN3O4S/c22-17-6-5-16(7-18(17)23)30-9-19(27)25-20-11-21(12-20,13-20)26-31(28,29)10-15-3-1-14(8-24)2-4-15/h1-7,26H,9-13H2,(H,25,27). The highest BCUT2D eigenvalue weighted by molar-refractivity contribution is 7.88. The fourth-order valence-electron chi connectivity index (χ4n) is 4.34. The second-order valence-electron chi connectivity index (χ2n) is 8.17. The van der Waals surface area contributed by atoms with E-state index in [1.807, 2.05) is 6.07 Å². The molecule has 0 radical (unpaired) electrons. The van der Waals surface area contributed by atoms with E-state index < -0.39 is 26.9 Å². The van der Waals surface area contributed by atoms with Crippen LogP contribution in [0.4, 0.5) is 4.39 Å². The molecular weight excluding hydrogens is 445 g/mol. The Morgan fingerprint density at radius 3 is 2.45 bits per heavy atom. The normalized spacial score (nSPS) is 23.8. The third kappa shape index (κ3) is 4.66. The molecule has 3 saturated carbocycles. The van der Waals surface area contributed by atoms with E-state index in [0.717, 1.165) is 6.07 Å². The number of hydrogen-bond donors (Lipinski definition) is 2. The molecule has 2 aromatic rings. The molecule has 1 amide bonds. The first kappa shape index (κ1) is 21.6. The summed E-state index contributed by atoms with van der Waals surface area (Å²) in [7, 11) is -3.56. The van der Waals surface area contributed by atoms with Gasteiger partial charge in [0.25, 0.3) is 5.91 Å². The zero-order valence-corrected chi connectivity index (χ0v) is 17.9. The minimum Gasteiger partial charge on any atom is -0.484 e. The lowest BCUT2D eigenvalue weighted by molar-refractivity contribution is -0.139. The highest BCUT2D eigenvalue weighted by Gasteiger charge is 2.69. The Hall–Kier alpha value is -2.67. The zero-order chi connectivity index (χ0) is 22.3. The first-order valence-corrected chi connectivity index (χ1v) is 11.5. The average Bonchev–Trinajstić information content (AvgIpc) is 2.66. The first-order chi connectivity index (χ1) is 14.6. The molecule has 5 rings (SSSR count). The molecule has 0 aromatic heterocycles. The summed E-state index contributed by atoms with van der Waals surface area (Å²) in [6.07, 6.45) is 1.52. The Labute approximate surface area is 184 Å². The Balaban J connectivity index is 1.24. The lowest BCUT2D eigenvalue weighted by Crippen LogP contribution is -2.83. The van der Waals surface area contributed by atoms with E-state index in [0.29, 0.717) is 30.4 Å². The van der Waals surface area contributed by atoms with Crippen molar-refractivity contribution in [3.63, 3.8) is 0 Å². The molecule has 3 aliphatic rings. The summed E-state index contributed by atoms with van der Waals surface area (Å²) in [6.45, 7) is -0.278. The van der Waals surface area contributed by atoms with Gasteiger partial charge in [-0.15, -0.1) is 0 Å². The minimum absolute atomic E-state index is 0.0300. The summed E-state index contributed by atoms with van der Waals surface area (Å²) >= 11 is 5.61. The smallest absolute Gasteiger partial charge is 0.258 e. The molecule has 2 bridgehead atoms. The summed E-state index contributed by atoms with van der Waals surface area (Å²) in [4.78, 5) is 12.2. The molecule has 2 N–H and O–H groups in total.